The predicted molar refractivity (Wildman–Crippen MR) is 52.4 cm³/mol. The molecule has 0 aromatic carbocycles. The van der Waals surface area contributed by atoms with Gasteiger partial charge in [0.05, 0.1) is 13.0 Å². The lowest BCUT2D eigenvalue weighted by Gasteiger charge is -2.02. The van der Waals surface area contributed by atoms with Gasteiger partial charge in [-0.25, -0.2) is 0 Å². The molecule has 0 unspecified atom stereocenters. The molecule has 0 saturated heterocycles. The second-order valence-electron chi connectivity index (χ2n) is 2.62. The summed E-state index contributed by atoms with van der Waals surface area (Å²) in [7, 11) is 0. The minimum atomic E-state index is -0.406. The van der Waals surface area contributed by atoms with Gasteiger partial charge in [-0.2, -0.15) is 0 Å². The number of halogens is 1. The Morgan fingerprint density at radius 1 is 1.64 bits per heavy atom. The first-order valence-electron chi connectivity index (χ1n) is 4.16. The fourth-order valence-corrected chi connectivity index (χ4v) is 1.17. The molecule has 0 aliphatic carbocycles. The van der Waals surface area contributed by atoms with Crippen molar-refractivity contribution in [3.63, 3.8) is 0 Å². The molecular weight excluding hydrogens is 206 g/mol. The van der Waals surface area contributed by atoms with Crippen LogP contribution in [0.5, 0.6) is 0 Å². The van der Waals surface area contributed by atoms with Gasteiger partial charge in [0.25, 0.3) is 0 Å². The van der Waals surface area contributed by atoms with Crippen molar-refractivity contribution in [2.45, 2.75) is 13.3 Å². The van der Waals surface area contributed by atoms with E-state index in [1.165, 1.54) is 12.3 Å². The zero-order valence-electron chi connectivity index (χ0n) is 7.67. The van der Waals surface area contributed by atoms with Crippen LogP contribution in [0.3, 0.4) is 0 Å². The molecule has 1 heterocycles. The summed E-state index contributed by atoms with van der Waals surface area (Å²) in [5.41, 5.74) is 0.0855. The summed E-state index contributed by atoms with van der Waals surface area (Å²) in [5, 5.41) is 0.0422. The minimum absolute atomic E-state index is 0.0112. The number of esters is 1. The van der Waals surface area contributed by atoms with E-state index in [1.807, 2.05) is 0 Å². The average molecular weight is 216 g/mol. The normalized spacial score (nSPS) is 9.86. The molecule has 0 bridgehead atoms. The van der Waals surface area contributed by atoms with Crippen molar-refractivity contribution in [1.82, 2.24) is 4.98 Å². The first-order valence-corrected chi connectivity index (χ1v) is 4.54. The van der Waals surface area contributed by atoms with Gasteiger partial charge >= 0.3 is 5.97 Å². The third-order valence-corrected chi connectivity index (χ3v) is 2.01. The molecule has 4 nitrogen and oxygen atoms in total. The van der Waals surface area contributed by atoms with E-state index in [9.17, 15) is 9.59 Å². The highest BCUT2D eigenvalue weighted by Gasteiger charge is 2.09. The lowest BCUT2D eigenvalue weighted by Crippen LogP contribution is -2.12. The number of ether oxygens (including phenoxy) is 1. The number of nitrogens with one attached hydrogen (secondary N) is 1. The summed E-state index contributed by atoms with van der Waals surface area (Å²) in [6.45, 7) is 2.03. The summed E-state index contributed by atoms with van der Waals surface area (Å²) in [4.78, 5) is 24.9. The van der Waals surface area contributed by atoms with Crippen LogP contribution in [0, 0.1) is 0 Å². The molecule has 5 heteroatoms. The Kier molecular flexibility index (Phi) is 3.71. The van der Waals surface area contributed by atoms with Crippen LogP contribution >= 0.6 is 11.6 Å². The predicted octanol–water partition coefficient (Wildman–Crippen LogP) is 1.13. The maximum absolute atomic E-state index is 11.1. The van der Waals surface area contributed by atoms with Crippen LogP contribution in [0.25, 0.3) is 0 Å². The monoisotopic (exact) mass is 215 g/mol. The molecule has 0 saturated carbocycles. The van der Waals surface area contributed by atoms with Crippen LogP contribution in [0.1, 0.15) is 12.6 Å². The number of hydrogen-bond acceptors (Lipinski definition) is 3. The molecule has 0 fully saturated rings. The SMILES string of the molecule is CCOC(=O)Cc1[nH]ccc(=O)c1Cl. The van der Waals surface area contributed by atoms with E-state index in [0.29, 0.717) is 12.3 Å². The molecular formula is C9H10ClNO3. The molecule has 0 aliphatic heterocycles. The van der Waals surface area contributed by atoms with Crippen LogP contribution in [0.15, 0.2) is 17.1 Å². The lowest BCUT2D eigenvalue weighted by molar-refractivity contribution is -0.142. The Bertz CT molecular complexity index is 386. The topological polar surface area (TPSA) is 59.2 Å². The van der Waals surface area contributed by atoms with Crippen molar-refractivity contribution < 1.29 is 9.53 Å². The van der Waals surface area contributed by atoms with E-state index in [0.717, 1.165) is 0 Å². The van der Waals surface area contributed by atoms with Gasteiger partial charge in [-0.05, 0) is 6.92 Å². The second-order valence-corrected chi connectivity index (χ2v) is 2.99. The molecule has 76 valence electrons. The molecule has 1 N–H and O–H groups in total. The summed E-state index contributed by atoms with van der Waals surface area (Å²) >= 11 is 5.69. The first-order chi connectivity index (χ1) is 6.65. The number of rotatable bonds is 3. The van der Waals surface area contributed by atoms with Crippen molar-refractivity contribution in [3.8, 4) is 0 Å². The largest absolute Gasteiger partial charge is 0.466 e. The Balaban J connectivity index is 2.82. The fraction of sp³-hybridized carbons (Fsp3) is 0.333. The molecule has 1 aromatic rings. The second kappa shape index (κ2) is 4.81. The number of H-pyrrole nitrogens is 1. The van der Waals surface area contributed by atoms with Gasteiger partial charge in [0.15, 0.2) is 5.43 Å². The highest BCUT2D eigenvalue weighted by Crippen LogP contribution is 2.08. The van der Waals surface area contributed by atoms with Gasteiger partial charge in [-0.15, -0.1) is 0 Å². The van der Waals surface area contributed by atoms with Gasteiger partial charge in [-0.3, -0.25) is 9.59 Å². The summed E-state index contributed by atoms with van der Waals surface area (Å²) in [6, 6.07) is 1.30. The van der Waals surface area contributed by atoms with Gasteiger partial charge in [-0.1, -0.05) is 11.6 Å². The molecule has 14 heavy (non-hydrogen) atoms. The highest BCUT2D eigenvalue weighted by atomic mass is 35.5. The van der Waals surface area contributed by atoms with Crippen molar-refractivity contribution in [2.24, 2.45) is 0 Å². The Morgan fingerprint density at radius 2 is 2.36 bits per heavy atom. The number of aromatic nitrogens is 1. The van der Waals surface area contributed by atoms with E-state index in [4.69, 9.17) is 16.3 Å². The Labute approximate surface area is 85.9 Å². The molecule has 0 amide bonds. The van der Waals surface area contributed by atoms with E-state index in [1.54, 1.807) is 6.92 Å². The van der Waals surface area contributed by atoms with Crippen LogP contribution in [0.4, 0.5) is 0 Å². The maximum atomic E-state index is 11.1. The lowest BCUT2D eigenvalue weighted by atomic mass is 10.2. The molecule has 0 spiro atoms. The average Bonchev–Trinajstić information content (AvgIpc) is 2.13. The Morgan fingerprint density at radius 3 is 3.00 bits per heavy atom. The van der Waals surface area contributed by atoms with Crippen LogP contribution < -0.4 is 5.43 Å². The number of pyridine rings is 1. The zero-order chi connectivity index (χ0) is 10.6. The van der Waals surface area contributed by atoms with Gasteiger partial charge in [0.2, 0.25) is 0 Å². The number of hydrogen-bond donors (Lipinski definition) is 1. The maximum Gasteiger partial charge on any atom is 0.311 e. The van der Waals surface area contributed by atoms with Gasteiger partial charge in [0.1, 0.15) is 5.02 Å². The van der Waals surface area contributed by atoms with Crippen molar-refractivity contribution in [2.75, 3.05) is 6.61 Å². The molecule has 1 aromatic heterocycles. The van der Waals surface area contributed by atoms with Crippen LogP contribution in [0.2, 0.25) is 5.02 Å². The minimum Gasteiger partial charge on any atom is -0.466 e. The summed E-state index contributed by atoms with van der Waals surface area (Å²) in [6.07, 6.45) is 1.44. The van der Waals surface area contributed by atoms with E-state index < -0.39 is 5.97 Å². The zero-order valence-corrected chi connectivity index (χ0v) is 8.43. The third kappa shape index (κ3) is 2.60. The molecule has 0 aliphatic rings. The van der Waals surface area contributed by atoms with Crippen molar-refractivity contribution in [3.05, 3.63) is 33.2 Å². The van der Waals surface area contributed by atoms with Crippen molar-refractivity contribution >= 4 is 17.6 Å². The quantitative estimate of drug-likeness (QED) is 0.770. The summed E-state index contributed by atoms with van der Waals surface area (Å²) < 4.78 is 4.72. The number of aromatic amines is 1. The van der Waals surface area contributed by atoms with Crippen LogP contribution in [-0.4, -0.2) is 17.6 Å². The van der Waals surface area contributed by atoms with Gasteiger partial charge < -0.3 is 9.72 Å². The van der Waals surface area contributed by atoms with Crippen LogP contribution in [-0.2, 0) is 16.0 Å². The highest BCUT2D eigenvalue weighted by molar-refractivity contribution is 6.31. The summed E-state index contributed by atoms with van der Waals surface area (Å²) in [5.74, 6) is -0.406. The van der Waals surface area contributed by atoms with E-state index in [2.05, 4.69) is 4.98 Å². The van der Waals surface area contributed by atoms with Crippen molar-refractivity contribution in [1.29, 1.82) is 0 Å². The number of carbonyl (C=O) groups is 1. The first kappa shape index (κ1) is 10.8. The molecule has 0 radical (unpaired) electrons. The Hall–Kier alpha value is -1.29. The number of carbonyl (C=O) groups excluding carboxylic acids is 1. The van der Waals surface area contributed by atoms with Gasteiger partial charge in [0, 0.05) is 18.0 Å². The third-order valence-electron chi connectivity index (χ3n) is 1.60. The molecule has 0 atom stereocenters. The standard InChI is InChI=1S/C9H10ClNO3/c1-2-14-8(13)5-6-9(10)7(12)3-4-11-6/h3-4H,2,5H2,1H3,(H,11,12). The molecule has 1 rings (SSSR count). The van der Waals surface area contributed by atoms with E-state index in [-0.39, 0.29) is 16.9 Å². The fourth-order valence-electron chi connectivity index (χ4n) is 0.988. The smallest absolute Gasteiger partial charge is 0.311 e. The van der Waals surface area contributed by atoms with E-state index >= 15 is 0 Å².